The fourth-order valence-corrected chi connectivity index (χ4v) is 2.64. The first-order valence-corrected chi connectivity index (χ1v) is 5.57. The largest absolute Gasteiger partial charge is 0.480 e. The lowest BCUT2D eigenvalue weighted by Crippen LogP contribution is -2.09. The molecule has 0 aliphatic carbocycles. The molecule has 1 N–H and O–H groups in total. The van der Waals surface area contributed by atoms with Crippen molar-refractivity contribution < 1.29 is 9.90 Å². The highest BCUT2D eigenvalue weighted by Crippen LogP contribution is 2.27. The monoisotopic (exact) mass is 336 g/mol. The van der Waals surface area contributed by atoms with Crippen molar-refractivity contribution in [2.45, 2.75) is 6.54 Å². The quantitative estimate of drug-likeness (QED) is 0.857. The lowest BCUT2D eigenvalue weighted by atomic mass is 10.2. The van der Waals surface area contributed by atoms with Crippen LogP contribution in [0.5, 0.6) is 0 Å². The van der Waals surface area contributed by atoms with E-state index >= 15 is 0 Å². The molecular weight excluding hydrogens is 330 g/mol. The van der Waals surface area contributed by atoms with Crippen LogP contribution in [0.3, 0.4) is 0 Å². The number of hydrogen-bond acceptors (Lipinski definition) is 2. The summed E-state index contributed by atoms with van der Waals surface area (Å²) in [4.78, 5) is 10.6. The zero-order chi connectivity index (χ0) is 11.0. The Hall–Kier alpha value is -0.820. The number of aromatic nitrogens is 2. The molecule has 0 bridgehead atoms. The van der Waals surface area contributed by atoms with E-state index in [1.807, 2.05) is 22.6 Å². The Morgan fingerprint density at radius 3 is 3.00 bits per heavy atom. The van der Waals surface area contributed by atoms with Crippen molar-refractivity contribution in [1.82, 2.24) is 9.78 Å². The molecule has 0 spiro atoms. The topological polar surface area (TPSA) is 55.1 Å². The maximum absolute atomic E-state index is 10.6. The first kappa shape index (κ1) is 10.7. The van der Waals surface area contributed by atoms with Crippen LogP contribution in [0, 0.1) is 3.70 Å². The first-order chi connectivity index (χ1) is 7.09. The highest BCUT2D eigenvalue weighted by Gasteiger charge is 2.12. The van der Waals surface area contributed by atoms with Crippen LogP contribution in [0.25, 0.3) is 10.9 Å². The third kappa shape index (κ3) is 1.93. The SMILES string of the molecule is O=C(O)Cn1nc(I)c2c(Cl)cccc21. The number of benzene rings is 1. The predicted molar refractivity (Wildman–Crippen MR) is 65.1 cm³/mol. The molecule has 0 atom stereocenters. The second-order valence-electron chi connectivity index (χ2n) is 2.98. The molecular formula is C9H6ClIN2O2. The summed E-state index contributed by atoms with van der Waals surface area (Å²) in [6, 6.07) is 5.35. The summed E-state index contributed by atoms with van der Waals surface area (Å²) in [5.41, 5.74) is 0.745. The van der Waals surface area contributed by atoms with E-state index in [4.69, 9.17) is 16.7 Å². The zero-order valence-corrected chi connectivity index (χ0v) is 10.4. The van der Waals surface area contributed by atoms with Crippen LogP contribution in [-0.4, -0.2) is 20.9 Å². The summed E-state index contributed by atoms with van der Waals surface area (Å²) in [5.74, 6) is -0.921. The van der Waals surface area contributed by atoms with Gasteiger partial charge >= 0.3 is 5.97 Å². The highest BCUT2D eigenvalue weighted by molar-refractivity contribution is 14.1. The summed E-state index contributed by atoms with van der Waals surface area (Å²) in [6.45, 7) is -0.153. The van der Waals surface area contributed by atoms with E-state index in [-0.39, 0.29) is 6.54 Å². The van der Waals surface area contributed by atoms with Crippen LogP contribution in [-0.2, 0) is 11.3 Å². The molecule has 0 aliphatic rings. The lowest BCUT2D eigenvalue weighted by Gasteiger charge is -1.98. The molecule has 6 heteroatoms. The van der Waals surface area contributed by atoms with Crippen LogP contribution < -0.4 is 0 Å². The number of rotatable bonds is 2. The molecule has 2 rings (SSSR count). The normalized spacial score (nSPS) is 10.8. The minimum Gasteiger partial charge on any atom is -0.480 e. The van der Waals surface area contributed by atoms with Crippen LogP contribution in [0.2, 0.25) is 5.02 Å². The molecule has 2 aromatic rings. The van der Waals surface area contributed by atoms with E-state index < -0.39 is 5.97 Å². The average Bonchev–Trinajstić information content (AvgIpc) is 2.44. The minimum atomic E-state index is -0.921. The van der Waals surface area contributed by atoms with Crippen molar-refractivity contribution in [3.63, 3.8) is 0 Å². The molecule has 1 aromatic carbocycles. The summed E-state index contributed by atoms with van der Waals surface area (Å²) < 4.78 is 2.15. The van der Waals surface area contributed by atoms with Crippen molar-refractivity contribution in [2.75, 3.05) is 0 Å². The Balaban J connectivity index is 2.68. The van der Waals surface area contributed by atoms with Gasteiger partial charge in [-0.1, -0.05) is 17.7 Å². The molecule has 78 valence electrons. The Kier molecular flexibility index (Phi) is 2.83. The number of nitrogens with zero attached hydrogens (tertiary/aromatic N) is 2. The van der Waals surface area contributed by atoms with E-state index in [0.717, 1.165) is 14.6 Å². The molecule has 4 nitrogen and oxygen atoms in total. The predicted octanol–water partition coefficient (Wildman–Crippen LogP) is 2.38. The minimum absolute atomic E-state index is 0.153. The fraction of sp³-hybridized carbons (Fsp3) is 0.111. The number of carbonyl (C=O) groups is 1. The molecule has 0 amide bonds. The van der Waals surface area contributed by atoms with Gasteiger partial charge in [-0.05, 0) is 34.7 Å². The molecule has 0 fully saturated rings. The molecule has 0 radical (unpaired) electrons. The van der Waals surface area contributed by atoms with Crippen LogP contribution in [0.15, 0.2) is 18.2 Å². The van der Waals surface area contributed by atoms with Crippen molar-refractivity contribution in [1.29, 1.82) is 0 Å². The van der Waals surface area contributed by atoms with Crippen LogP contribution in [0.1, 0.15) is 0 Å². The summed E-state index contributed by atoms with van der Waals surface area (Å²) in [5, 5.41) is 14.2. The smallest absolute Gasteiger partial charge is 0.325 e. The summed E-state index contributed by atoms with van der Waals surface area (Å²) in [6.07, 6.45) is 0. The zero-order valence-electron chi connectivity index (χ0n) is 7.44. The second-order valence-corrected chi connectivity index (χ2v) is 4.41. The Morgan fingerprint density at radius 2 is 2.33 bits per heavy atom. The van der Waals surface area contributed by atoms with Crippen molar-refractivity contribution in [3.05, 3.63) is 26.9 Å². The average molecular weight is 337 g/mol. The van der Waals surface area contributed by atoms with E-state index in [0.29, 0.717) is 5.02 Å². The first-order valence-electron chi connectivity index (χ1n) is 4.12. The summed E-state index contributed by atoms with van der Waals surface area (Å²) in [7, 11) is 0. The molecule has 0 unspecified atom stereocenters. The maximum atomic E-state index is 10.6. The van der Waals surface area contributed by atoms with Crippen molar-refractivity contribution >= 4 is 51.1 Å². The van der Waals surface area contributed by atoms with E-state index in [9.17, 15) is 4.79 Å². The second kappa shape index (κ2) is 3.97. The van der Waals surface area contributed by atoms with Gasteiger partial charge in [0, 0.05) is 0 Å². The van der Waals surface area contributed by atoms with Crippen molar-refractivity contribution in [2.24, 2.45) is 0 Å². The number of carboxylic acid groups (broad SMARTS) is 1. The fourth-order valence-electron chi connectivity index (χ4n) is 1.39. The molecule has 1 heterocycles. The van der Waals surface area contributed by atoms with Crippen LogP contribution >= 0.6 is 34.2 Å². The Labute approximate surface area is 104 Å². The highest BCUT2D eigenvalue weighted by atomic mass is 127. The van der Waals surface area contributed by atoms with Gasteiger partial charge in [-0.2, -0.15) is 5.10 Å². The van der Waals surface area contributed by atoms with Crippen LogP contribution in [0.4, 0.5) is 0 Å². The number of fused-ring (bicyclic) bond motifs is 1. The number of halogens is 2. The van der Waals surface area contributed by atoms with E-state index in [1.54, 1.807) is 18.2 Å². The number of aliphatic carboxylic acids is 1. The molecule has 0 saturated heterocycles. The lowest BCUT2D eigenvalue weighted by molar-refractivity contribution is -0.137. The molecule has 15 heavy (non-hydrogen) atoms. The molecule has 1 aromatic heterocycles. The van der Waals surface area contributed by atoms with Crippen molar-refractivity contribution in [3.8, 4) is 0 Å². The third-order valence-electron chi connectivity index (χ3n) is 1.97. The van der Waals surface area contributed by atoms with Gasteiger partial charge in [-0.3, -0.25) is 9.48 Å². The molecule has 0 aliphatic heterocycles. The summed E-state index contributed by atoms with van der Waals surface area (Å²) >= 11 is 8.05. The van der Waals surface area contributed by atoms with Gasteiger partial charge in [0.05, 0.1) is 15.9 Å². The van der Waals surface area contributed by atoms with E-state index in [2.05, 4.69) is 5.10 Å². The Morgan fingerprint density at radius 1 is 1.60 bits per heavy atom. The molecule has 0 saturated carbocycles. The van der Waals surface area contributed by atoms with E-state index in [1.165, 1.54) is 4.68 Å². The van der Waals surface area contributed by atoms with Gasteiger partial charge in [0.1, 0.15) is 10.2 Å². The number of hydrogen-bond donors (Lipinski definition) is 1. The van der Waals surface area contributed by atoms with Gasteiger partial charge in [0.25, 0.3) is 0 Å². The van der Waals surface area contributed by atoms with Gasteiger partial charge in [0.2, 0.25) is 0 Å². The van der Waals surface area contributed by atoms with Gasteiger partial charge in [0.15, 0.2) is 0 Å². The Bertz CT molecular complexity index is 538. The van der Waals surface area contributed by atoms with Gasteiger partial charge in [-0.25, -0.2) is 0 Å². The maximum Gasteiger partial charge on any atom is 0.325 e. The standard InChI is InChI=1S/C9H6ClIN2O2/c10-5-2-1-3-6-8(5)9(11)12-13(6)4-7(14)15/h1-3H,4H2,(H,14,15). The van der Waals surface area contributed by atoms with Gasteiger partial charge in [-0.15, -0.1) is 0 Å². The third-order valence-corrected chi connectivity index (χ3v) is 3.04. The number of carboxylic acids is 1. The van der Waals surface area contributed by atoms with Gasteiger partial charge < -0.3 is 5.11 Å².